The highest BCUT2D eigenvalue weighted by Gasteiger charge is 2.04. The van der Waals surface area contributed by atoms with Gasteiger partial charge in [0.1, 0.15) is 11.6 Å². The van der Waals surface area contributed by atoms with Gasteiger partial charge in [-0.3, -0.25) is 0 Å². The average Bonchev–Trinajstić information content (AvgIpc) is 2.20. The lowest BCUT2D eigenvalue weighted by molar-refractivity contribution is 0.339. The molecule has 0 heterocycles. The maximum absolute atomic E-state index is 13.7. The predicted octanol–water partition coefficient (Wildman–Crippen LogP) is 3.69. The van der Waals surface area contributed by atoms with Gasteiger partial charge in [0, 0.05) is 11.5 Å². The van der Waals surface area contributed by atoms with E-state index in [4.69, 9.17) is 4.74 Å². The summed E-state index contributed by atoms with van der Waals surface area (Å²) in [6.45, 7) is 4.39. The standard InChI is InChI=1S/C13H13FO/c1-3-15-11-7-10-5-4-9(2)6-12(10)13(14)8-11/h4-8H,3H2,1-2H3. The van der Waals surface area contributed by atoms with E-state index in [0.717, 1.165) is 10.9 Å². The Bertz CT molecular complexity index is 491. The smallest absolute Gasteiger partial charge is 0.134 e. The Kier molecular flexibility index (Phi) is 2.58. The van der Waals surface area contributed by atoms with E-state index < -0.39 is 0 Å². The van der Waals surface area contributed by atoms with Gasteiger partial charge in [-0.05, 0) is 31.4 Å². The van der Waals surface area contributed by atoms with E-state index in [2.05, 4.69) is 0 Å². The summed E-state index contributed by atoms with van der Waals surface area (Å²) in [7, 11) is 0. The molecule has 0 saturated carbocycles. The molecular formula is C13H13FO. The molecular weight excluding hydrogens is 191 g/mol. The minimum absolute atomic E-state index is 0.223. The molecule has 0 unspecified atom stereocenters. The Labute approximate surface area is 88.5 Å². The molecule has 0 bridgehead atoms. The third-order valence-electron chi connectivity index (χ3n) is 2.34. The van der Waals surface area contributed by atoms with Gasteiger partial charge in [0.15, 0.2) is 0 Å². The summed E-state index contributed by atoms with van der Waals surface area (Å²) in [5.41, 5.74) is 1.06. The number of rotatable bonds is 2. The van der Waals surface area contributed by atoms with E-state index in [0.29, 0.717) is 17.7 Å². The van der Waals surface area contributed by atoms with E-state index in [9.17, 15) is 4.39 Å². The van der Waals surface area contributed by atoms with Crippen molar-refractivity contribution in [1.82, 2.24) is 0 Å². The van der Waals surface area contributed by atoms with E-state index in [1.165, 1.54) is 6.07 Å². The van der Waals surface area contributed by atoms with E-state index in [-0.39, 0.29) is 5.82 Å². The van der Waals surface area contributed by atoms with Gasteiger partial charge in [-0.2, -0.15) is 0 Å². The third kappa shape index (κ3) is 1.94. The Balaban J connectivity index is 2.62. The van der Waals surface area contributed by atoms with Crippen LogP contribution in [-0.4, -0.2) is 6.61 Å². The van der Waals surface area contributed by atoms with Crippen molar-refractivity contribution < 1.29 is 9.13 Å². The van der Waals surface area contributed by atoms with Crippen LogP contribution in [0.2, 0.25) is 0 Å². The van der Waals surface area contributed by atoms with Crippen LogP contribution in [0.1, 0.15) is 12.5 Å². The fraction of sp³-hybridized carbons (Fsp3) is 0.231. The normalized spacial score (nSPS) is 10.6. The molecule has 0 aliphatic rings. The second-order valence-corrected chi connectivity index (χ2v) is 3.56. The van der Waals surface area contributed by atoms with Crippen LogP contribution in [0.5, 0.6) is 5.75 Å². The molecule has 2 heteroatoms. The van der Waals surface area contributed by atoms with Crippen LogP contribution >= 0.6 is 0 Å². The number of ether oxygens (including phenoxy) is 1. The Hall–Kier alpha value is -1.57. The quantitative estimate of drug-likeness (QED) is 0.725. The summed E-state index contributed by atoms with van der Waals surface area (Å²) in [6.07, 6.45) is 0. The molecule has 0 radical (unpaired) electrons. The summed E-state index contributed by atoms with van der Waals surface area (Å²) in [5.74, 6) is 0.367. The first-order valence-electron chi connectivity index (χ1n) is 5.03. The van der Waals surface area contributed by atoms with Gasteiger partial charge < -0.3 is 4.74 Å². The van der Waals surface area contributed by atoms with E-state index >= 15 is 0 Å². The molecule has 0 spiro atoms. The molecule has 78 valence electrons. The summed E-state index contributed by atoms with van der Waals surface area (Å²) in [5, 5.41) is 1.53. The molecule has 2 aromatic carbocycles. The molecule has 0 aliphatic carbocycles. The highest BCUT2D eigenvalue weighted by molar-refractivity contribution is 5.85. The molecule has 0 saturated heterocycles. The molecule has 15 heavy (non-hydrogen) atoms. The highest BCUT2D eigenvalue weighted by atomic mass is 19.1. The lowest BCUT2D eigenvalue weighted by atomic mass is 10.1. The minimum atomic E-state index is -0.223. The van der Waals surface area contributed by atoms with Gasteiger partial charge in [-0.25, -0.2) is 4.39 Å². The van der Waals surface area contributed by atoms with Crippen molar-refractivity contribution in [3.63, 3.8) is 0 Å². The Morgan fingerprint density at radius 2 is 2.00 bits per heavy atom. The summed E-state index contributed by atoms with van der Waals surface area (Å²) < 4.78 is 19.0. The van der Waals surface area contributed by atoms with Gasteiger partial charge in [-0.15, -0.1) is 0 Å². The van der Waals surface area contributed by atoms with Crippen LogP contribution in [0.25, 0.3) is 10.8 Å². The Morgan fingerprint density at radius 1 is 1.20 bits per heavy atom. The van der Waals surface area contributed by atoms with Crippen LogP contribution in [0.4, 0.5) is 4.39 Å². The zero-order chi connectivity index (χ0) is 10.8. The van der Waals surface area contributed by atoms with Crippen LogP contribution in [0, 0.1) is 12.7 Å². The predicted molar refractivity (Wildman–Crippen MR) is 59.8 cm³/mol. The van der Waals surface area contributed by atoms with Crippen LogP contribution < -0.4 is 4.74 Å². The third-order valence-corrected chi connectivity index (χ3v) is 2.34. The first-order chi connectivity index (χ1) is 7.20. The van der Waals surface area contributed by atoms with E-state index in [1.807, 2.05) is 38.1 Å². The first-order valence-corrected chi connectivity index (χ1v) is 5.03. The van der Waals surface area contributed by atoms with Crippen molar-refractivity contribution >= 4 is 10.8 Å². The average molecular weight is 204 g/mol. The van der Waals surface area contributed by atoms with Gasteiger partial charge in [0.05, 0.1) is 6.61 Å². The summed E-state index contributed by atoms with van der Waals surface area (Å²) in [6, 6.07) is 9.03. The molecule has 0 atom stereocenters. The Morgan fingerprint density at radius 3 is 2.73 bits per heavy atom. The molecule has 0 N–H and O–H groups in total. The van der Waals surface area contributed by atoms with Crippen molar-refractivity contribution in [2.24, 2.45) is 0 Å². The monoisotopic (exact) mass is 204 g/mol. The fourth-order valence-electron chi connectivity index (χ4n) is 1.65. The van der Waals surface area contributed by atoms with Crippen LogP contribution in [0.15, 0.2) is 30.3 Å². The molecule has 2 aromatic rings. The van der Waals surface area contributed by atoms with E-state index in [1.54, 1.807) is 0 Å². The van der Waals surface area contributed by atoms with Gasteiger partial charge >= 0.3 is 0 Å². The van der Waals surface area contributed by atoms with Crippen molar-refractivity contribution in [1.29, 1.82) is 0 Å². The molecule has 0 aromatic heterocycles. The SMILES string of the molecule is CCOc1cc(F)c2cc(C)ccc2c1. The highest BCUT2D eigenvalue weighted by Crippen LogP contribution is 2.25. The number of halogens is 1. The molecule has 2 rings (SSSR count). The molecule has 0 amide bonds. The van der Waals surface area contributed by atoms with Gasteiger partial charge in [0.25, 0.3) is 0 Å². The number of fused-ring (bicyclic) bond motifs is 1. The lowest BCUT2D eigenvalue weighted by Gasteiger charge is -2.06. The number of benzene rings is 2. The fourth-order valence-corrected chi connectivity index (χ4v) is 1.65. The van der Waals surface area contributed by atoms with Gasteiger partial charge in [-0.1, -0.05) is 17.7 Å². The summed E-state index contributed by atoms with van der Waals surface area (Å²) in [4.78, 5) is 0. The van der Waals surface area contributed by atoms with Crippen LogP contribution in [0.3, 0.4) is 0 Å². The van der Waals surface area contributed by atoms with Crippen molar-refractivity contribution in [3.8, 4) is 5.75 Å². The second-order valence-electron chi connectivity index (χ2n) is 3.56. The van der Waals surface area contributed by atoms with Gasteiger partial charge in [0.2, 0.25) is 0 Å². The van der Waals surface area contributed by atoms with Crippen molar-refractivity contribution in [2.75, 3.05) is 6.61 Å². The maximum atomic E-state index is 13.7. The largest absolute Gasteiger partial charge is 0.494 e. The van der Waals surface area contributed by atoms with Crippen molar-refractivity contribution in [2.45, 2.75) is 13.8 Å². The number of hydrogen-bond donors (Lipinski definition) is 0. The number of hydrogen-bond acceptors (Lipinski definition) is 1. The van der Waals surface area contributed by atoms with Crippen LogP contribution in [-0.2, 0) is 0 Å². The second kappa shape index (κ2) is 3.89. The number of aryl methyl sites for hydroxylation is 1. The molecule has 0 fully saturated rings. The zero-order valence-corrected chi connectivity index (χ0v) is 8.88. The van der Waals surface area contributed by atoms with Crippen molar-refractivity contribution in [3.05, 3.63) is 41.7 Å². The minimum Gasteiger partial charge on any atom is -0.494 e. The molecule has 1 nitrogen and oxygen atoms in total. The maximum Gasteiger partial charge on any atom is 0.134 e. The zero-order valence-electron chi connectivity index (χ0n) is 8.88. The first kappa shape index (κ1) is 9.97. The summed E-state index contributed by atoms with van der Waals surface area (Å²) >= 11 is 0. The topological polar surface area (TPSA) is 9.23 Å². The lowest BCUT2D eigenvalue weighted by Crippen LogP contribution is -1.92. The molecule has 0 aliphatic heterocycles.